The lowest BCUT2D eigenvalue weighted by atomic mass is 10.2. The molecule has 2 rings (SSSR count). The lowest BCUT2D eigenvalue weighted by molar-refractivity contribution is 0.0695. The number of hydrogen-bond donors (Lipinski definition) is 1. The Morgan fingerprint density at radius 3 is 1.55 bits per heavy atom. The highest BCUT2D eigenvalue weighted by Crippen LogP contribution is 2.04. The van der Waals surface area contributed by atoms with Crippen LogP contribution in [0.4, 0.5) is 0 Å². The van der Waals surface area contributed by atoms with Crippen LogP contribution < -0.4 is 0 Å². The molecular weight excluding hydrogens is 260 g/mol. The van der Waals surface area contributed by atoms with Gasteiger partial charge >= 0.3 is 5.97 Å². The van der Waals surface area contributed by atoms with Gasteiger partial charge in [0.25, 0.3) is 0 Å². The van der Waals surface area contributed by atoms with E-state index < -0.39 is 5.97 Å². The number of hydrogen-bond acceptors (Lipinski definition) is 4. The molecule has 0 aromatic carbocycles. The summed E-state index contributed by atoms with van der Waals surface area (Å²) in [5.74, 6) is -0.851. The predicted octanol–water partition coefficient (Wildman–Crippen LogP) is 1.36. The second kappa shape index (κ2) is 6.14. The summed E-state index contributed by atoms with van der Waals surface area (Å²) in [6, 6.07) is 0. The van der Waals surface area contributed by atoms with Gasteiger partial charge in [-0.05, 0) is 20.8 Å². The van der Waals surface area contributed by atoms with Gasteiger partial charge in [0.15, 0.2) is 5.78 Å². The van der Waals surface area contributed by atoms with Crippen LogP contribution in [-0.4, -0.2) is 36.4 Å². The Balaban J connectivity index is 0.000000200. The quantitative estimate of drug-likeness (QED) is 0.838. The molecule has 0 aliphatic rings. The van der Waals surface area contributed by atoms with Gasteiger partial charge in [-0.3, -0.25) is 14.2 Å². The van der Waals surface area contributed by atoms with E-state index in [2.05, 4.69) is 10.2 Å². The van der Waals surface area contributed by atoms with Crippen LogP contribution in [0.3, 0.4) is 0 Å². The Morgan fingerprint density at radius 1 is 1.00 bits per heavy atom. The molecule has 0 saturated heterocycles. The first kappa shape index (κ1) is 15.6. The third-order valence-corrected chi connectivity index (χ3v) is 2.64. The van der Waals surface area contributed by atoms with Gasteiger partial charge in [-0.1, -0.05) is 0 Å². The predicted molar refractivity (Wildman–Crippen MR) is 72.9 cm³/mol. The summed E-state index contributed by atoms with van der Waals surface area (Å²) in [7, 11) is 3.50. The van der Waals surface area contributed by atoms with E-state index in [1.807, 2.05) is 6.92 Å². The van der Waals surface area contributed by atoms with Crippen LogP contribution in [0.2, 0.25) is 0 Å². The van der Waals surface area contributed by atoms with Gasteiger partial charge in [0.2, 0.25) is 0 Å². The summed E-state index contributed by atoms with van der Waals surface area (Å²) in [6.45, 7) is 5.05. The van der Waals surface area contributed by atoms with Crippen molar-refractivity contribution in [2.24, 2.45) is 14.1 Å². The molecule has 0 spiro atoms. The van der Waals surface area contributed by atoms with Crippen LogP contribution in [0.1, 0.15) is 39.0 Å². The van der Waals surface area contributed by atoms with Crippen LogP contribution in [0.25, 0.3) is 0 Å². The van der Waals surface area contributed by atoms with Crippen LogP contribution in [-0.2, 0) is 14.1 Å². The molecule has 0 amide bonds. The van der Waals surface area contributed by atoms with Gasteiger partial charge in [-0.2, -0.15) is 10.2 Å². The first-order valence-electron chi connectivity index (χ1n) is 5.97. The highest BCUT2D eigenvalue weighted by atomic mass is 16.4. The van der Waals surface area contributed by atoms with Crippen molar-refractivity contribution in [1.82, 2.24) is 19.6 Å². The third kappa shape index (κ3) is 3.78. The number of aryl methyl sites for hydroxylation is 4. The number of carbonyl (C=O) groups is 2. The topological polar surface area (TPSA) is 90.0 Å². The number of carboxylic acids is 1. The fourth-order valence-corrected chi connectivity index (χ4v) is 1.75. The molecule has 108 valence electrons. The molecule has 0 unspecified atom stereocenters. The lowest BCUT2D eigenvalue weighted by Crippen LogP contribution is -1.95. The molecule has 1 N–H and O–H groups in total. The summed E-state index contributed by atoms with van der Waals surface area (Å²) in [5.41, 5.74) is 2.33. The second-order valence-corrected chi connectivity index (χ2v) is 4.47. The van der Waals surface area contributed by atoms with Crippen molar-refractivity contribution in [3.05, 3.63) is 34.9 Å². The highest BCUT2D eigenvalue weighted by Gasteiger charge is 2.09. The van der Waals surface area contributed by atoms with E-state index in [4.69, 9.17) is 5.11 Å². The van der Waals surface area contributed by atoms with Crippen LogP contribution in [0.15, 0.2) is 12.4 Å². The monoisotopic (exact) mass is 278 g/mol. The SMILES string of the molecule is CC(=O)c1cn(C)nc1C.Cc1nn(C)cc1C(=O)O. The summed E-state index contributed by atoms with van der Waals surface area (Å²) in [4.78, 5) is 21.2. The van der Waals surface area contributed by atoms with Crippen LogP contribution >= 0.6 is 0 Å². The van der Waals surface area contributed by atoms with Crippen molar-refractivity contribution in [3.63, 3.8) is 0 Å². The minimum absolute atomic E-state index is 0.0746. The Hall–Kier alpha value is -2.44. The number of ketones is 1. The van der Waals surface area contributed by atoms with E-state index in [0.29, 0.717) is 11.3 Å². The minimum Gasteiger partial charge on any atom is -0.478 e. The second-order valence-electron chi connectivity index (χ2n) is 4.47. The number of carbonyl (C=O) groups excluding carboxylic acids is 1. The minimum atomic E-state index is -0.925. The highest BCUT2D eigenvalue weighted by molar-refractivity contribution is 5.94. The van der Waals surface area contributed by atoms with Gasteiger partial charge in [-0.25, -0.2) is 4.79 Å². The summed E-state index contributed by atoms with van der Waals surface area (Å²) in [6.07, 6.45) is 3.22. The van der Waals surface area contributed by atoms with Gasteiger partial charge < -0.3 is 5.11 Å². The first-order valence-corrected chi connectivity index (χ1v) is 5.97. The van der Waals surface area contributed by atoms with Crippen molar-refractivity contribution in [3.8, 4) is 0 Å². The van der Waals surface area contributed by atoms with Gasteiger partial charge in [0.1, 0.15) is 5.56 Å². The number of nitrogens with zero attached hydrogens (tertiary/aromatic N) is 4. The van der Waals surface area contributed by atoms with Crippen molar-refractivity contribution in [2.45, 2.75) is 20.8 Å². The molecule has 2 aromatic rings. The van der Waals surface area contributed by atoms with Crippen molar-refractivity contribution >= 4 is 11.8 Å². The average molecular weight is 278 g/mol. The van der Waals surface area contributed by atoms with Crippen molar-refractivity contribution in [1.29, 1.82) is 0 Å². The average Bonchev–Trinajstić information content (AvgIpc) is 2.82. The summed E-state index contributed by atoms with van der Waals surface area (Å²) >= 11 is 0. The zero-order valence-corrected chi connectivity index (χ0v) is 12.2. The summed E-state index contributed by atoms with van der Waals surface area (Å²) < 4.78 is 3.13. The largest absolute Gasteiger partial charge is 0.478 e. The normalized spacial score (nSPS) is 9.85. The molecule has 20 heavy (non-hydrogen) atoms. The summed E-state index contributed by atoms with van der Waals surface area (Å²) in [5, 5.41) is 16.4. The number of carboxylic acid groups (broad SMARTS) is 1. The first-order chi connectivity index (χ1) is 9.22. The molecule has 0 bridgehead atoms. The van der Waals surface area contributed by atoms with Crippen LogP contribution in [0, 0.1) is 13.8 Å². The maximum absolute atomic E-state index is 10.8. The molecule has 0 aliphatic carbocycles. The molecule has 0 fully saturated rings. The van der Waals surface area contributed by atoms with Crippen molar-refractivity contribution in [2.75, 3.05) is 0 Å². The Kier molecular flexibility index (Phi) is 4.79. The maximum Gasteiger partial charge on any atom is 0.339 e. The molecule has 0 saturated carbocycles. The molecule has 0 radical (unpaired) electrons. The van der Waals surface area contributed by atoms with Gasteiger partial charge in [-0.15, -0.1) is 0 Å². The molecule has 0 aliphatic heterocycles. The fourth-order valence-electron chi connectivity index (χ4n) is 1.75. The molecule has 2 heterocycles. The Morgan fingerprint density at radius 2 is 1.40 bits per heavy atom. The Labute approximate surface area is 116 Å². The molecule has 7 nitrogen and oxygen atoms in total. The third-order valence-electron chi connectivity index (χ3n) is 2.64. The van der Waals surface area contributed by atoms with E-state index in [1.165, 1.54) is 10.9 Å². The number of aromatic nitrogens is 4. The van der Waals surface area contributed by atoms with E-state index in [0.717, 1.165) is 5.69 Å². The van der Waals surface area contributed by atoms with Gasteiger partial charge in [0, 0.05) is 26.5 Å². The molecule has 0 atom stereocenters. The van der Waals surface area contributed by atoms with Crippen LogP contribution in [0.5, 0.6) is 0 Å². The number of rotatable bonds is 2. The van der Waals surface area contributed by atoms with E-state index in [1.54, 1.807) is 38.8 Å². The standard InChI is InChI=1S/C7H10N2O.C6H8N2O2/c1-5-7(6(2)10)4-9(3)8-5;1-4-5(6(9)10)3-8(2)7-4/h4H,1-3H3;3H,1-2H3,(H,9,10). The Bertz CT molecular complexity index is 584. The van der Waals surface area contributed by atoms with E-state index in [9.17, 15) is 9.59 Å². The maximum atomic E-state index is 10.8. The zero-order valence-electron chi connectivity index (χ0n) is 12.2. The fraction of sp³-hybridized carbons (Fsp3) is 0.385. The van der Waals surface area contributed by atoms with Crippen molar-refractivity contribution < 1.29 is 14.7 Å². The van der Waals surface area contributed by atoms with E-state index >= 15 is 0 Å². The number of aromatic carboxylic acids is 1. The molecule has 2 aromatic heterocycles. The number of Topliss-reactive ketones (excluding diaryl/α,β-unsaturated/α-hetero) is 1. The zero-order chi connectivity index (χ0) is 15.4. The molecule has 7 heteroatoms. The smallest absolute Gasteiger partial charge is 0.339 e. The van der Waals surface area contributed by atoms with E-state index in [-0.39, 0.29) is 11.3 Å². The molecular formula is C13H18N4O3. The lowest BCUT2D eigenvalue weighted by Gasteiger charge is -1.85. The van der Waals surface area contributed by atoms with Gasteiger partial charge in [0.05, 0.1) is 17.0 Å².